The van der Waals surface area contributed by atoms with Crippen molar-refractivity contribution in [2.75, 3.05) is 0 Å². The number of rotatable bonds is 6. The molecule has 0 aliphatic rings. The topological polar surface area (TPSA) is 52.6 Å². The Kier molecular flexibility index (Phi) is 7.87. The molecular weight excluding hydrogens is 288 g/mol. The van der Waals surface area contributed by atoms with E-state index in [9.17, 15) is 9.59 Å². The lowest BCUT2D eigenvalue weighted by Gasteiger charge is -2.11. The maximum atomic E-state index is 11.5. The largest absolute Gasteiger partial charge is 0.459 e. The van der Waals surface area contributed by atoms with Gasteiger partial charge in [-0.15, -0.1) is 0 Å². The fourth-order valence-electron chi connectivity index (χ4n) is 0.800. The molecule has 0 spiro atoms. The minimum atomic E-state index is -0.555. The Hall–Kier alpha value is -0.840. The van der Waals surface area contributed by atoms with Crippen molar-refractivity contribution in [2.45, 2.75) is 52.7 Å². The molecule has 0 saturated carbocycles. The monoisotopic (exact) mass is 306 g/mol. The summed E-state index contributed by atoms with van der Waals surface area (Å²) in [4.78, 5) is 22.8. The minimum Gasteiger partial charge on any atom is -0.459 e. The normalized spacial score (nSPS) is 15.0. The summed E-state index contributed by atoms with van der Waals surface area (Å²) in [5.74, 6) is -1.10. The Balaban J connectivity index is 4.32. The molecule has 0 N–H and O–H groups in total. The standard InChI is InChI=1S/C12H19BrO4/c1-5-8(3)16-11(14)7-10(13)12(15)17-9(4)6-2/h7-9H,5-6H2,1-4H3. The molecule has 0 saturated heterocycles. The molecule has 0 bridgehead atoms. The summed E-state index contributed by atoms with van der Waals surface area (Å²) < 4.78 is 10.1. The Labute approximate surface area is 110 Å². The first-order valence-electron chi connectivity index (χ1n) is 5.69. The molecule has 0 heterocycles. The average molecular weight is 307 g/mol. The van der Waals surface area contributed by atoms with Crippen molar-refractivity contribution in [3.8, 4) is 0 Å². The Bertz CT molecular complexity index is 299. The van der Waals surface area contributed by atoms with E-state index in [-0.39, 0.29) is 16.7 Å². The van der Waals surface area contributed by atoms with E-state index in [4.69, 9.17) is 9.47 Å². The van der Waals surface area contributed by atoms with Crippen molar-refractivity contribution in [3.63, 3.8) is 0 Å². The molecule has 2 unspecified atom stereocenters. The van der Waals surface area contributed by atoms with Gasteiger partial charge in [0.15, 0.2) is 0 Å². The van der Waals surface area contributed by atoms with E-state index in [1.807, 2.05) is 13.8 Å². The summed E-state index contributed by atoms with van der Waals surface area (Å²) in [5, 5.41) is 0. The van der Waals surface area contributed by atoms with E-state index in [1.165, 1.54) is 0 Å². The summed E-state index contributed by atoms with van der Waals surface area (Å²) in [6, 6.07) is 0. The van der Waals surface area contributed by atoms with E-state index >= 15 is 0 Å². The van der Waals surface area contributed by atoms with Gasteiger partial charge in [-0.1, -0.05) is 13.8 Å². The van der Waals surface area contributed by atoms with Gasteiger partial charge >= 0.3 is 11.9 Å². The third-order valence-corrected chi connectivity index (χ3v) is 2.77. The molecule has 98 valence electrons. The van der Waals surface area contributed by atoms with Crippen molar-refractivity contribution in [1.82, 2.24) is 0 Å². The van der Waals surface area contributed by atoms with Crippen LogP contribution < -0.4 is 0 Å². The molecule has 2 atom stereocenters. The number of carbonyl (C=O) groups excluding carboxylic acids is 2. The van der Waals surface area contributed by atoms with E-state index in [0.717, 1.165) is 18.9 Å². The fraction of sp³-hybridized carbons (Fsp3) is 0.667. The lowest BCUT2D eigenvalue weighted by Crippen LogP contribution is -2.16. The second-order valence-corrected chi connectivity index (χ2v) is 4.63. The van der Waals surface area contributed by atoms with Gasteiger partial charge in [0.25, 0.3) is 0 Å². The lowest BCUT2D eigenvalue weighted by molar-refractivity contribution is -0.145. The summed E-state index contributed by atoms with van der Waals surface area (Å²) in [7, 11) is 0. The van der Waals surface area contributed by atoms with E-state index in [2.05, 4.69) is 15.9 Å². The van der Waals surface area contributed by atoms with Gasteiger partial charge < -0.3 is 9.47 Å². The zero-order valence-electron chi connectivity index (χ0n) is 10.7. The first kappa shape index (κ1) is 16.2. The van der Waals surface area contributed by atoms with Gasteiger partial charge in [0.2, 0.25) is 0 Å². The Morgan fingerprint density at radius 3 is 2.06 bits per heavy atom. The zero-order valence-corrected chi connectivity index (χ0v) is 12.2. The summed E-state index contributed by atoms with van der Waals surface area (Å²) in [6.45, 7) is 7.40. The van der Waals surface area contributed by atoms with Crippen molar-refractivity contribution < 1.29 is 19.1 Å². The number of hydrogen-bond donors (Lipinski definition) is 0. The van der Waals surface area contributed by atoms with Gasteiger partial charge in [0.05, 0.1) is 12.2 Å². The molecule has 0 aliphatic carbocycles. The van der Waals surface area contributed by atoms with Crippen molar-refractivity contribution >= 4 is 27.9 Å². The highest BCUT2D eigenvalue weighted by Gasteiger charge is 2.14. The van der Waals surface area contributed by atoms with Gasteiger partial charge in [0.1, 0.15) is 4.48 Å². The van der Waals surface area contributed by atoms with Crippen LogP contribution in [0.3, 0.4) is 0 Å². The van der Waals surface area contributed by atoms with Gasteiger partial charge in [-0.25, -0.2) is 9.59 Å². The van der Waals surface area contributed by atoms with E-state index < -0.39 is 11.9 Å². The highest BCUT2D eigenvalue weighted by molar-refractivity contribution is 9.12. The third kappa shape index (κ3) is 7.15. The van der Waals surface area contributed by atoms with Crippen LogP contribution in [0.15, 0.2) is 10.6 Å². The number of esters is 2. The SMILES string of the molecule is CCC(C)OC(=O)C=C(Br)C(=O)OC(C)CC. The predicted octanol–water partition coefficient (Wildman–Crippen LogP) is 2.95. The molecule has 17 heavy (non-hydrogen) atoms. The van der Waals surface area contributed by atoms with Crippen LogP contribution in [0.4, 0.5) is 0 Å². The molecule has 0 rings (SSSR count). The van der Waals surface area contributed by atoms with E-state index in [1.54, 1.807) is 13.8 Å². The van der Waals surface area contributed by atoms with Crippen molar-refractivity contribution in [1.29, 1.82) is 0 Å². The molecular formula is C12H19BrO4. The number of halogens is 1. The molecule has 0 aromatic carbocycles. The lowest BCUT2D eigenvalue weighted by atomic mass is 10.3. The van der Waals surface area contributed by atoms with Crippen LogP contribution in [0.5, 0.6) is 0 Å². The molecule has 0 aromatic rings. The highest BCUT2D eigenvalue weighted by atomic mass is 79.9. The smallest absolute Gasteiger partial charge is 0.345 e. The molecule has 0 aromatic heterocycles. The second-order valence-electron chi connectivity index (χ2n) is 3.77. The molecule has 4 nitrogen and oxygen atoms in total. The third-order valence-electron chi connectivity index (χ3n) is 2.21. The van der Waals surface area contributed by atoms with Crippen LogP contribution in [0.25, 0.3) is 0 Å². The average Bonchev–Trinajstić information content (AvgIpc) is 2.28. The van der Waals surface area contributed by atoms with E-state index in [0.29, 0.717) is 0 Å². The van der Waals surface area contributed by atoms with Crippen LogP contribution in [-0.2, 0) is 19.1 Å². The summed E-state index contributed by atoms with van der Waals surface area (Å²) in [5.41, 5.74) is 0. The first-order chi connectivity index (χ1) is 7.90. The molecule has 0 amide bonds. The summed E-state index contributed by atoms with van der Waals surface area (Å²) >= 11 is 3.00. The molecule has 0 aliphatic heterocycles. The Morgan fingerprint density at radius 1 is 1.12 bits per heavy atom. The zero-order chi connectivity index (χ0) is 13.4. The fourth-order valence-corrected chi connectivity index (χ4v) is 1.08. The molecule has 5 heteroatoms. The van der Waals surface area contributed by atoms with Crippen LogP contribution in [0, 0.1) is 0 Å². The van der Waals surface area contributed by atoms with Crippen LogP contribution in [0.2, 0.25) is 0 Å². The molecule has 0 fully saturated rings. The van der Waals surface area contributed by atoms with Gasteiger partial charge in [0, 0.05) is 6.08 Å². The van der Waals surface area contributed by atoms with Crippen molar-refractivity contribution in [3.05, 3.63) is 10.6 Å². The quantitative estimate of drug-likeness (QED) is 0.559. The van der Waals surface area contributed by atoms with Crippen LogP contribution >= 0.6 is 15.9 Å². The van der Waals surface area contributed by atoms with Gasteiger partial charge in [-0.2, -0.15) is 0 Å². The molecule has 0 radical (unpaired) electrons. The minimum absolute atomic E-state index is 0.0751. The first-order valence-corrected chi connectivity index (χ1v) is 6.48. The van der Waals surface area contributed by atoms with Crippen LogP contribution in [0.1, 0.15) is 40.5 Å². The maximum Gasteiger partial charge on any atom is 0.345 e. The van der Waals surface area contributed by atoms with Crippen molar-refractivity contribution in [2.24, 2.45) is 0 Å². The van der Waals surface area contributed by atoms with Crippen LogP contribution in [-0.4, -0.2) is 24.1 Å². The van der Waals surface area contributed by atoms with Gasteiger partial charge in [-0.3, -0.25) is 0 Å². The number of carbonyl (C=O) groups is 2. The summed E-state index contributed by atoms with van der Waals surface area (Å²) in [6.07, 6.45) is 2.22. The highest BCUT2D eigenvalue weighted by Crippen LogP contribution is 2.11. The predicted molar refractivity (Wildman–Crippen MR) is 68.7 cm³/mol. The number of ether oxygens (including phenoxy) is 2. The number of hydrogen-bond acceptors (Lipinski definition) is 4. The second kappa shape index (κ2) is 8.28. The van der Waals surface area contributed by atoms with Gasteiger partial charge in [-0.05, 0) is 42.6 Å². The Morgan fingerprint density at radius 2 is 1.59 bits per heavy atom. The maximum absolute atomic E-state index is 11.5.